The van der Waals surface area contributed by atoms with E-state index in [4.69, 9.17) is 4.42 Å². The molecule has 2 rings (SSSR count). The monoisotopic (exact) mass is 200 g/mol. The lowest BCUT2D eigenvalue weighted by atomic mass is 10.1. The van der Waals surface area contributed by atoms with Crippen LogP contribution in [0, 0.1) is 6.92 Å². The van der Waals surface area contributed by atoms with Gasteiger partial charge in [-0.05, 0) is 38.3 Å². The predicted octanol–water partition coefficient (Wildman–Crippen LogP) is 3.54. The molecule has 0 aliphatic carbocycles. The second-order valence-corrected chi connectivity index (χ2v) is 3.39. The van der Waals surface area contributed by atoms with E-state index in [-0.39, 0.29) is 0 Å². The molecule has 0 N–H and O–H groups in total. The van der Waals surface area contributed by atoms with Gasteiger partial charge in [0, 0.05) is 11.6 Å². The van der Waals surface area contributed by atoms with Crippen LogP contribution < -0.4 is 0 Å². The first kappa shape index (κ1) is 9.97. The van der Waals surface area contributed by atoms with Crippen molar-refractivity contribution in [1.29, 1.82) is 0 Å². The molecular weight excluding hydrogens is 186 g/mol. The molecule has 2 nitrogen and oxygen atoms in total. The summed E-state index contributed by atoms with van der Waals surface area (Å²) in [5.74, 6) is 0. The number of aryl methyl sites for hydroxylation is 1. The number of nitrogens with zero attached hydrogens (tertiary/aromatic N) is 1. The number of fused-ring (bicyclic) bond motifs is 1. The van der Waals surface area contributed by atoms with Gasteiger partial charge in [-0.15, -0.1) is 0 Å². The molecule has 2 heterocycles. The van der Waals surface area contributed by atoms with Gasteiger partial charge in [0.1, 0.15) is 5.58 Å². The molecule has 0 unspecified atom stereocenters. The molecule has 0 aliphatic rings. The smallest absolute Gasteiger partial charge is 0.137 e. The van der Waals surface area contributed by atoms with Crippen LogP contribution in [0.5, 0.6) is 0 Å². The molecule has 0 fully saturated rings. The van der Waals surface area contributed by atoms with E-state index in [1.165, 1.54) is 0 Å². The van der Waals surface area contributed by atoms with Crippen molar-refractivity contribution in [2.75, 3.05) is 0 Å². The van der Waals surface area contributed by atoms with Gasteiger partial charge >= 0.3 is 0 Å². The second-order valence-electron chi connectivity index (χ2n) is 3.39. The van der Waals surface area contributed by atoms with Gasteiger partial charge in [-0.1, -0.05) is 12.2 Å². The normalized spacial score (nSPS) is 11.5. The summed E-state index contributed by atoms with van der Waals surface area (Å²) >= 11 is 0. The van der Waals surface area contributed by atoms with Crippen LogP contribution in [-0.2, 0) is 6.42 Å². The highest BCUT2D eigenvalue weighted by Gasteiger charge is 2.02. The van der Waals surface area contributed by atoms with Crippen LogP contribution >= 0.6 is 0 Å². The summed E-state index contributed by atoms with van der Waals surface area (Å²) in [6.45, 7) is 3.75. The van der Waals surface area contributed by atoms with E-state index >= 15 is 0 Å². The lowest BCUT2D eigenvalue weighted by Crippen LogP contribution is -1.88. The Morgan fingerprint density at radius 2 is 2.27 bits per heavy atom. The molecule has 2 heteroatoms. The molecule has 2 aromatic heterocycles. The minimum Gasteiger partial charge on any atom is -0.464 e. The van der Waals surface area contributed by atoms with Crippen molar-refractivity contribution in [2.24, 2.45) is 0 Å². The molecule has 0 bridgehead atoms. The summed E-state index contributed by atoms with van der Waals surface area (Å²) in [4.78, 5) is 4.37. The van der Waals surface area contributed by atoms with Crippen molar-refractivity contribution in [3.63, 3.8) is 0 Å². The molecule has 0 saturated heterocycles. The van der Waals surface area contributed by atoms with Crippen molar-refractivity contribution in [3.8, 4) is 0 Å². The Balaban J connectivity index is 2.13. The third-order valence-corrected chi connectivity index (χ3v) is 2.34. The molecule has 1 radical (unpaired) electrons. The Morgan fingerprint density at radius 1 is 1.33 bits per heavy atom. The van der Waals surface area contributed by atoms with Crippen LogP contribution in [0.2, 0.25) is 0 Å². The fraction of sp³-hybridized carbons (Fsp3) is 0.231. The Hall–Kier alpha value is -1.57. The minimum atomic E-state index is 0.851. The molecule has 15 heavy (non-hydrogen) atoms. The van der Waals surface area contributed by atoms with Crippen LogP contribution in [0.3, 0.4) is 0 Å². The molecule has 77 valence electrons. The summed E-state index contributed by atoms with van der Waals surface area (Å²) < 4.78 is 5.32. The number of hydrogen-bond donors (Lipinski definition) is 0. The maximum absolute atomic E-state index is 5.32. The molecule has 0 spiro atoms. The van der Waals surface area contributed by atoms with E-state index in [1.54, 1.807) is 12.5 Å². The molecule has 0 aromatic carbocycles. The number of furan rings is 1. The zero-order valence-corrected chi connectivity index (χ0v) is 8.65. The van der Waals surface area contributed by atoms with Gasteiger partial charge in [-0.25, -0.2) is 0 Å². The Morgan fingerprint density at radius 3 is 3.13 bits per heavy atom. The molecule has 0 aliphatic heterocycles. The summed E-state index contributed by atoms with van der Waals surface area (Å²) in [7, 11) is 0. The predicted molar refractivity (Wildman–Crippen MR) is 61.4 cm³/mol. The summed E-state index contributed by atoms with van der Waals surface area (Å²) in [6, 6.07) is 3.87. The second kappa shape index (κ2) is 4.78. The van der Waals surface area contributed by atoms with Crippen LogP contribution in [-0.4, -0.2) is 4.98 Å². The fourth-order valence-corrected chi connectivity index (χ4v) is 1.61. The largest absolute Gasteiger partial charge is 0.464 e. The molecule has 2 aromatic rings. The SMILES string of the molecule is [CH2]CC=CCCc1nccc2occc12. The van der Waals surface area contributed by atoms with Crippen LogP contribution in [0.15, 0.2) is 41.2 Å². The van der Waals surface area contributed by atoms with Crippen LogP contribution in [0.4, 0.5) is 0 Å². The summed E-state index contributed by atoms with van der Waals surface area (Å²) in [6.07, 6.45) is 10.5. The first-order chi connectivity index (χ1) is 7.42. The Bertz CT molecular complexity index is 456. The van der Waals surface area contributed by atoms with E-state index in [0.29, 0.717) is 0 Å². The van der Waals surface area contributed by atoms with E-state index in [1.807, 2.05) is 12.1 Å². The lowest BCUT2D eigenvalue weighted by Gasteiger charge is -1.98. The van der Waals surface area contributed by atoms with Crippen molar-refractivity contribution in [2.45, 2.75) is 19.3 Å². The van der Waals surface area contributed by atoms with Gasteiger partial charge in [0.15, 0.2) is 0 Å². The average Bonchev–Trinajstić information content (AvgIpc) is 2.73. The third kappa shape index (κ3) is 2.27. The first-order valence-corrected chi connectivity index (χ1v) is 5.17. The molecule has 0 atom stereocenters. The minimum absolute atomic E-state index is 0.851. The highest BCUT2D eigenvalue weighted by atomic mass is 16.3. The Kier molecular flexibility index (Phi) is 3.18. The number of aromatic nitrogens is 1. The van der Waals surface area contributed by atoms with Gasteiger partial charge in [-0.2, -0.15) is 0 Å². The van der Waals surface area contributed by atoms with E-state index < -0.39 is 0 Å². The van der Waals surface area contributed by atoms with Gasteiger partial charge in [0.05, 0.1) is 12.0 Å². The van der Waals surface area contributed by atoms with E-state index in [2.05, 4.69) is 24.1 Å². The highest BCUT2D eigenvalue weighted by Crippen LogP contribution is 2.18. The van der Waals surface area contributed by atoms with Crippen molar-refractivity contribution >= 4 is 11.0 Å². The number of allylic oxidation sites excluding steroid dienone is 2. The standard InChI is InChI=1S/C13H14NO/c1-2-3-4-5-6-12-11-8-10-15-13(11)7-9-14-12/h3-4,7-10H,1-2,5-6H2. The molecular formula is C13H14NO. The molecule has 0 saturated carbocycles. The van der Waals surface area contributed by atoms with Crippen molar-refractivity contribution < 1.29 is 4.42 Å². The summed E-state index contributed by atoms with van der Waals surface area (Å²) in [5.41, 5.74) is 2.02. The number of pyridine rings is 1. The fourth-order valence-electron chi connectivity index (χ4n) is 1.61. The maximum atomic E-state index is 5.32. The van der Waals surface area contributed by atoms with Crippen molar-refractivity contribution in [1.82, 2.24) is 4.98 Å². The van der Waals surface area contributed by atoms with Crippen molar-refractivity contribution in [3.05, 3.63) is 49.4 Å². The van der Waals surface area contributed by atoms with Crippen LogP contribution in [0.25, 0.3) is 11.0 Å². The highest BCUT2D eigenvalue weighted by molar-refractivity contribution is 5.79. The van der Waals surface area contributed by atoms with E-state index in [9.17, 15) is 0 Å². The van der Waals surface area contributed by atoms with Gasteiger partial charge in [0.25, 0.3) is 0 Å². The maximum Gasteiger partial charge on any atom is 0.137 e. The average molecular weight is 200 g/mol. The van der Waals surface area contributed by atoms with Gasteiger partial charge in [0.2, 0.25) is 0 Å². The van der Waals surface area contributed by atoms with E-state index in [0.717, 1.165) is 35.9 Å². The van der Waals surface area contributed by atoms with Crippen LogP contribution in [0.1, 0.15) is 18.5 Å². The number of rotatable bonds is 4. The summed E-state index contributed by atoms with van der Waals surface area (Å²) in [5, 5.41) is 1.13. The number of hydrogen-bond acceptors (Lipinski definition) is 2. The molecule has 0 amide bonds. The zero-order chi connectivity index (χ0) is 10.5. The lowest BCUT2D eigenvalue weighted by molar-refractivity contribution is 0.615. The topological polar surface area (TPSA) is 26.0 Å². The third-order valence-electron chi connectivity index (χ3n) is 2.34. The first-order valence-electron chi connectivity index (χ1n) is 5.17. The quantitative estimate of drug-likeness (QED) is 0.705. The van der Waals surface area contributed by atoms with Gasteiger partial charge in [-0.3, -0.25) is 4.98 Å². The zero-order valence-electron chi connectivity index (χ0n) is 8.65. The van der Waals surface area contributed by atoms with Gasteiger partial charge < -0.3 is 4.42 Å². The Labute approximate surface area is 89.6 Å².